The van der Waals surface area contributed by atoms with Gasteiger partial charge in [-0.25, -0.2) is 0 Å². The fourth-order valence-electron chi connectivity index (χ4n) is 1.60. The molecule has 0 spiro atoms. The minimum absolute atomic E-state index is 0.182. The van der Waals surface area contributed by atoms with E-state index in [1.807, 2.05) is 0 Å². The van der Waals surface area contributed by atoms with Crippen LogP contribution in [0.15, 0.2) is 0 Å². The van der Waals surface area contributed by atoms with Gasteiger partial charge in [0.15, 0.2) is 0 Å². The summed E-state index contributed by atoms with van der Waals surface area (Å²) in [5, 5.41) is 3.66. The van der Waals surface area contributed by atoms with Crippen molar-refractivity contribution in [3.8, 4) is 0 Å². The van der Waals surface area contributed by atoms with Gasteiger partial charge < -0.3 is 5.32 Å². The Balaban J connectivity index is 4.69. The standard InChI is InChI=1S/C13H29N/c1-9-10-14-13(7,8)12(5,6)11(2,3)4/h14H,9-10H2,1-8H3. The van der Waals surface area contributed by atoms with Gasteiger partial charge in [-0.05, 0) is 37.6 Å². The maximum atomic E-state index is 3.66. The molecule has 0 aromatic heterocycles. The lowest BCUT2D eigenvalue weighted by atomic mass is 9.59. The first-order chi connectivity index (χ1) is 6.06. The Morgan fingerprint density at radius 1 is 0.857 bits per heavy atom. The Morgan fingerprint density at radius 3 is 1.57 bits per heavy atom. The smallest absolute Gasteiger partial charge is 0.0181 e. The summed E-state index contributed by atoms with van der Waals surface area (Å²) < 4.78 is 0. The Bertz CT molecular complexity index is 172. The highest BCUT2D eigenvalue weighted by atomic mass is 15.0. The van der Waals surface area contributed by atoms with Crippen molar-refractivity contribution in [2.45, 2.75) is 67.3 Å². The molecule has 1 N–H and O–H groups in total. The van der Waals surface area contributed by atoms with Gasteiger partial charge in [0.05, 0.1) is 0 Å². The third kappa shape index (κ3) is 2.73. The summed E-state index contributed by atoms with van der Waals surface area (Å²) in [6.45, 7) is 19.6. The van der Waals surface area contributed by atoms with E-state index in [1.165, 1.54) is 6.42 Å². The van der Waals surface area contributed by atoms with E-state index in [9.17, 15) is 0 Å². The van der Waals surface area contributed by atoms with Crippen LogP contribution in [0.1, 0.15) is 61.8 Å². The molecule has 0 aliphatic rings. The number of hydrogen-bond donors (Lipinski definition) is 1. The maximum Gasteiger partial charge on any atom is 0.0181 e. The SMILES string of the molecule is CCCNC(C)(C)C(C)(C)C(C)(C)C. The van der Waals surface area contributed by atoms with E-state index in [1.54, 1.807) is 0 Å². The molecule has 0 atom stereocenters. The second-order valence-electron chi connectivity index (χ2n) is 6.43. The summed E-state index contributed by atoms with van der Waals surface area (Å²) in [4.78, 5) is 0. The molecule has 1 heteroatoms. The predicted molar refractivity (Wildman–Crippen MR) is 65.6 cm³/mol. The molecule has 1 nitrogen and oxygen atoms in total. The molecule has 86 valence electrons. The summed E-state index contributed by atoms with van der Waals surface area (Å²) >= 11 is 0. The second kappa shape index (κ2) is 4.22. The molecule has 0 heterocycles. The average Bonchev–Trinajstić information content (AvgIpc) is 1.98. The molecule has 0 rings (SSSR count). The Morgan fingerprint density at radius 2 is 1.29 bits per heavy atom. The molecule has 0 amide bonds. The highest BCUT2D eigenvalue weighted by Crippen LogP contribution is 2.45. The van der Waals surface area contributed by atoms with Crippen molar-refractivity contribution in [3.05, 3.63) is 0 Å². The van der Waals surface area contributed by atoms with Gasteiger partial charge in [-0.3, -0.25) is 0 Å². The Labute approximate surface area is 90.7 Å². The first kappa shape index (κ1) is 14.0. The maximum absolute atomic E-state index is 3.66. The quantitative estimate of drug-likeness (QED) is 0.725. The molecule has 0 unspecified atom stereocenters. The van der Waals surface area contributed by atoms with Crippen LogP contribution in [0.2, 0.25) is 0 Å². The fraction of sp³-hybridized carbons (Fsp3) is 1.00. The zero-order valence-corrected chi connectivity index (χ0v) is 11.4. The van der Waals surface area contributed by atoms with Crippen LogP contribution in [0.4, 0.5) is 0 Å². The molecule has 14 heavy (non-hydrogen) atoms. The third-order valence-corrected chi connectivity index (χ3v) is 4.25. The van der Waals surface area contributed by atoms with Gasteiger partial charge in [0.25, 0.3) is 0 Å². The first-order valence-electron chi connectivity index (χ1n) is 5.81. The molecule has 0 aromatic rings. The minimum Gasteiger partial charge on any atom is -0.311 e. The van der Waals surface area contributed by atoms with E-state index in [4.69, 9.17) is 0 Å². The summed E-state index contributed by atoms with van der Waals surface area (Å²) in [7, 11) is 0. The third-order valence-electron chi connectivity index (χ3n) is 4.25. The van der Waals surface area contributed by atoms with Gasteiger partial charge in [-0.2, -0.15) is 0 Å². The van der Waals surface area contributed by atoms with Crippen LogP contribution in [0, 0.1) is 10.8 Å². The van der Waals surface area contributed by atoms with Crippen LogP contribution in [0.3, 0.4) is 0 Å². The van der Waals surface area contributed by atoms with E-state index < -0.39 is 0 Å². The Kier molecular flexibility index (Phi) is 4.21. The van der Waals surface area contributed by atoms with Gasteiger partial charge >= 0.3 is 0 Å². The molecule has 0 aliphatic carbocycles. The highest BCUT2D eigenvalue weighted by molar-refractivity contribution is 4.99. The van der Waals surface area contributed by atoms with Crippen molar-refractivity contribution in [1.82, 2.24) is 5.32 Å². The lowest BCUT2D eigenvalue weighted by Crippen LogP contribution is -2.56. The van der Waals surface area contributed by atoms with Crippen LogP contribution in [-0.4, -0.2) is 12.1 Å². The zero-order chi connectivity index (χ0) is 11.6. The van der Waals surface area contributed by atoms with E-state index >= 15 is 0 Å². The molecular weight excluding hydrogens is 170 g/mol. The molecule has 0 saturated carbocycles. The lowest BCUT2D eigenvalue weighted by molar-refractivity contribution is 0.0275. The van der Waals surface area contributed by atoms with E-state index in [2.05, 4.69) is 60.7 Å². The monoisotopic (exact) mass is 199 g/mol. The van der Waals surface area contributed by atoms with Crippen LogP contribution < -0.4 is 5.32 Å². The van der Waals surface area contributed by atoms with Gasteiger partial charge in [0, 0.05) is 5.54 Å². The topological polar surface area (TPSA) is 12.0 Å². The normalized spacial score (nSPS) is 14.6. The van der Waals surface area contributed by atoms with Crippen molar-refractivity contribution >= 4 is 0 Å². The van der Waals surface area contributed by atoms with Gasteiger partial charge in [-0.15, -0.1) is 0 Å². The van der Waals surface area contributed by atoms with Crippen LogP contribution in [0.5, 0.6) is 0 Å². The summed E-state index contributed by atoms with van der Waals surface area (Å²) in [6.07, 6.45) is 1.20. The van der Waals surface area contributed by atoms with Crippen molar-refractivity contribution < 1.29 is 0 Å². The summed E-state index contributed by atoms with van der Waals surface area (Å²) in [6, 6.07) is 0. The van der Waals surface area contributed by atoms with Crippen molar-refractivity contribution in [1.29, 1.82) is 0 Å². The van der Waals surface area contributed by atoms with Crippen molar-refractivity contribution in [3.63, 3.8) is 0 Å². The first-order valence-corrected chi connectivity index (χ1v) is 5.81. The van der Waals surface area contributed by atoms with Crippen LogP contribution >= 0.6 is 0 Å². The molecule has 0 saturated heterocycles. The number of rotatable bonds is 4. The van der Waals surface area contributed by atoms with Crippen LogP contribution in [0.25, 0.3) is 0 Å². The molecular formula is C13H29N. The average molecular weight is 199 g/mol. The van der Waals surface area contributed by atoms with Gasteiger partial charge in [-0.1, -0.05) is 41.5 Å². The zero-order valence-electron chi connectivity index (χ0n) is 11.4. The minimum atomic E-state index is 0.182. The van der Waals surface area contributed by atoms with Crippen LogP contribution in [-0.2, 0) is 0 Å². The van der Waals surface area contributed by atoms with E-state index in [0.29, 0.717) is 5.41 Å². The number of hydrogen-bond acceptors (Lipinski definition) is 1. The molecule has 0 radical (unpaired) electrons. The number of nitrogens with one attached hydrogen (secondary N) is 1. The van der Waals surface area contributed by atoms with Gasteiger partial charge in [0.2, 0.25) is 0 Å². The van der Waals surface area contributed by atoms with E-state index in [-0.39, 0.29) is 11.0 Å². The lowest BCUT2D eigenvalue weighted by Gasteiger charge is -2.51. The Hall–Kier alpha value is -0.0400. The molecule has 0 bridgehead atoms. The predicted octanol–water partition coefficient (Wildman–Crippen LogP) is 3.84. The largest absolute Gasteiger partial charge is 0.311 e. The summed E-state index contributed by atoms with van der Waals surface area (Å²) in [5.74, 6) is 0. The molecule has 0 aromatic carbocycles. The highest BCUT2D eigenvalue weighted by Gasteiger charge is 2.44. The van der Waals surface area contributed by atoms with E-state index in [0.717, 1.165) is 6.54 Å². The van der Waals surface area contributed by atoms with Gasteiger partial charge in [0.1, 0.15) is 0 Å². The second-order valence-corrected chi connectivity index (χ2v) is 6.43. The fourth-order valence-corrected chi connectivity index (χ4v) is 1.60. The van der Waals surface area contributed by atoms with Crippen molar-refractivity contribution in [2.75, 3.05) is 6.54 Å². The molecule has 0 aliphatic heterocycles. The van der Waals surface area contributed by atoms with Crippen molar-refractivity contribution in [2.24, 2.45) is 10.8 Å². The summed E-state index contributed by atoms with van der Waals surface area (Å²) in [5.41, 5.74) is 0.771. The molecule has 0 fully saturated rings.